The lowest BCUT2D eigenvalue weighted by atomic mass is 9.93. The van der Waals surface area contributed by atoms with Gasteiger partial charge in [0.05, 0.1) is 19.7 Å². The summed E-state index contributed by atoms with van der Waals surface area (Å²) in [5.74, 6) is 0.588. The minimum atomic E-state index is -0.156. The molecule has 1 aromatic heterocycles. The van der Waals surface area contributed by atoms with Crippen LogP contribution in [0.3, 0.4) is 0 Å². The van der Waals surface area contributed by atoms with Gasteiger partial charge >= 0.3 is 0 Å². The first kappa shape index (κ1) is 21.3. The van der Waals surface area contributed by atoms with Gasteiger partial charge in [-0.15, -0.1) is 11.3 Å². The highest BCUT2D eigenvalue weighted by molar-refractivity contribution is 7.10. The summed E-state index contributed by atoms with van der Waals surface area (Å²) in [6.45, 7) is 3.24. The number of thiophene rings is 1. The molecule has 1 aromatic carbocycles. The van der Waals surface area contributed by atoms with Crippen LogP contribution in [-0.2, 0) is 20.7 Å². The first-order chi connectivity index (χ1) is 14.1. The molecule has 0 saturated heterocycles. The van der Waals surface area contributed by atoms with E-state index < -0.39 is 0 Å². The van der Waals surface area contributed by atoms with Crippen molar-refractivity contribution in [2.24, 2.45) is 0 Å². The first-order valence-electron chi connectivity index (χ1n) is 9.85. The van der Waals surface area contributed by atoms with Gasteiger partial charge in [-0.3, -0.25) is 9.59 Å². The number of hydrogen-bond acceptors (Lipinski definition) is 5. The molecule has 6 nitrogen and oxygen atoms in total. The zero-order valence-electron chi connectivity index (χ0n) is 17.2. The van der Waals surface area contributed by atoms with E-state index in [0.717, 1.165) is 24.2 Å². The molecule has 0 radical (unpaired) electrons. The van der Waals surface area contributed by atoms with Crippen molar-refractivity contribution < 1.29 is 19.1 Å². The van der Waals surface area contributed by atoms with Gasteiger partial charge in [0.25, 0.3) is 0 Å². The fourth-order valence-electron chi connectivity index (χ4n) is 3.76. The Morgan fingerprint density at radius 2 is 1.97 bits per heavy atom. The maximum atomic E-state index is 13.3. The minimum Gasteiger partial charge on any atom is -0.497 e. The number of fused-ring (bicyclic) bond motifs is 1. The molecule has 3 rings (SSSR count). The predicted octanol–water partition coefficient (Wildman–Crippen LogP) is 3.12. The number of nitrogens with zero attached hydrogens (tertiary/aromatic N) is 2. The molecule has 156 valence electrons. The Hall–Kier alpha value is -2.38. The molecule has 2 amide bonds. The van der Waals surface area contributed by atoms with Crippen molar-refractivity contribution in [2.75, 3.05) is 40.5 Å². The predicted molar refractivity (Wildman–Crippen MR) is 113 cm³/mol. The number of methoxy groups -OCH3 is 2. The number of carbonyl (C=O) groups excluding carboxylic acids is 2. The molecule has 1 aliphatic heterocycles. The minimum absolute atomic E-state index is 0.0101. The van der Waals surface area contributed by atoms with E-state index in [1.165, 1.54) is 17.6 Å². The van der Waals surface area contributed by atoms with E-state index in [9.17, 15) is 9.59 Å². The summed E-state index contributed by atoms with van der Waals surface area (Å²) in [5, 5.41) is 2.08. The van der Waals surface area contributed by atoms with Crippen molar-refractivity contribution >= 4 is 23.2 Å². The third-order valence-corrected chi connectivity index (χ3v) is 6.15. The van der Waals surface area contributed by atoms with Crippen molar-refractivity contribution in [2.45, 2.75) is 25.8 Å². The van der Waals surface area contributed by atoms with Gasteiger partial charge in [0, 0.05) is 25.1 Å². The second kappa shape index (κ2) is 9.89. The number of hydrogen-bond donors (Lipinski definition) is 0. The van der Waals surface area contributed by atoms with Gasteiger partial charge in [0.15, 0.2) is 0 Å². The van der Waals surface area contributed by atoms with Gasteiger partial charge in [0.1, 0.15) is 12.4 Å². The number of ether oxygens (including phenoxy) is 2. The zero-order chi connectivity index (χ0) is 20.8. The molecule has 7 heteroatoms. The van der Waals surface area contributed by atoms with E-state index in [2.05, 4.69) is 11.4 Å². The monoisotopic (exact) mass is 416 g/mol. The summed E-state index contributed by atoms with van der Waals surface area (Å²) in [4.78, 5) is 30.5. The Bertz CT molecular complexity index is 834. The van der Waals surface area contributed by atoms with Crippen LogP contribution in [0.5, 0.6) is 5.75 Å². The molecule has 0 saturated carbocycles. The largest absolute Gasteiger partial charge is 0.497 e. The second-order valence-corrected chi connectivity index (χ2v) is 8.06. The summed E-state index contributed by atoms with van der Waals surface area (Å²) >= 11 is 1.74. The topological polar surface area (TPSA) is 59.1 Å². The molecule has 1 unspecified atom stereocenters. The molecule has 1 aliphatic rings. The average molecular weight is 417 g/mol. The third kappa shape index (κ3) is 4.79. The van der Waals surface area contributed by atoms with Crippen molar-refractivity contribution in [3.8, 4) is 5.75 Å². The Labute approximate surface area is 176 Å². The summed E-state index contributed by atoms with van der Waals surface area (Å²) < 4.78 is 10.3. The SMILES string of the molecule is CCCN(CC(=O)N1CCc2sccc2C1c1ccc(OC)cc1)C(=O)COC. The zero-order valence-corrected chi connectivity index (χ0v) is 18.0. The molecule has 0 bridgehead atoms. The molecule has 2 heterocycles. The van der Waals surface area contributed by atoms with E-state index >= 15 is 0 Å². The van der Waals surface area contributed by atoms with Crippen LogP contribution < -0.4 is 4.74 Å². The van der Waals surface area contributed by atoms with Crippen molar-refractivity contribution in [1.82, 2.24) is 9.80 Å². The van der Waals surface area contributed by atoms with E-state index in [4.69, 9.17) is 9.47 Å². The molecule has 0 N–H and O–H groups in total. The lowest BCUT2D eigenvalue weighted by Gasteiger charge is -2.37. The number of benzene rings is 1. The van der Waals surface area contributed by atoms with Gasteiger partial charge in [-0.05, 0) is 47.5 Å². The molecular weight excluding hydrogens is 388 g/mol. The molecule has 0 aliphatic carbocycles. The lowest BCUT2D eigenvalue weighted by molar-refractivity contribution is -0.143. The Balaban J connectivity index is 1.87. The fourth-order valence-corrected chi connectivity index (χ4v) is 4.67. The van der Waals surface area contributed by atoms with Gasteiger partial charge in [0.2, 0.25) is 11.8 Å². The molecule has 29 heavy (non-hydrogen) atoms. The number of carbonyl (C=O) groups is 2. The molecular formula is C22H28N2O4S. The van der Waals surface area contributed by atoms with Crippen LogP contribution in [0, 0.1) is 0 Å². The van der Waals surface area contributed by atoms with Crippen LogP contribution in [0.15, 0.2) is 35.7 Å². The van der Waals surface area contributed by atoms with E-state index in [0.29, 0.717) is 13.1 Å². The Morgan fingerprint density at radius 1 is 1.21 bits per heavy atom. The van der Waals surface area contributed by atoms with Crippen LogP contribution in [0.1, 0.15) is 35.4 Å². The fraction of sp³-hybridized carbons (Fsp3) is 0.455. The lowest BCUT2D eigenvalue weighted by Crippen LogP contribution is -2.47. The van der Waals surface area contributed by atoms with Crippen LogP contribution in [0.4, 0.5) is 0 Å². The van der Waals surface area contributed by atoms with Gasteiger partial charge in [-0.2, -0.15) is 0 Å². The Kier molecular flexibility index (Phi) is 7.28. The van der Waals surface area contributed by atoms with Crippen LogP contribution in [-0.4, -0.2) is 62.1 Å². The average Bonchev–Trinajstić information content (AvgIpc) is 3.21. The van der Waals surface area contributed by atoms with Gasteiger partial charge in [-0.25, -0.2) is 0 Å². The van der Waals surface area contributed by atoms with Crippen LogP contribution in [0.25, 0.3) is 0 Å². The van der Waals surface area contributed by atoms with E-state index in [1.807, 2.05) is 36.1 Å². The second-order valence-electron chi connectivity index (χ2n) is 7.06. The number of rotatable bonds is 8. The van der Waals surface area contributed by atoms with Crippen molar-refractivity contribution in [1.29, 1.82) is 0 Å². The van der Waals surface area contributed by atoms with Crippen LogP contribution >= 0.6 is 11.3 Å². The maximum Gasteiger partial charge on any atom is 0.249 e. The summed E-state index contributed by atoms with van der Waals surface area (Å²) in [6.07, 6.45) is 1.63. The highest BCUT2D eigenvalue weighted by atomic mass is 32.1. The normalized spacial score (nSPS) is 15.7. The highest BCUT2D eigenvalue weighted by Gasteiger charge is 2.33. The summed E-state index contributed by atoms with van der Waals surface area (Å²) in [5.41, 5.74) is 2.22. The molecule has 0 fully saturated rings. The van der Waals surface area contributed by atoms with Crippen molar-refractivity contribution in [3.63, 3.8) is 0 Å². The smallest absolute Gasteiger partial charge is 0.249 e. The van der Waals surface area contributed by atoms with Crippen molar-refractivity contribution in [3.05, 3.63) is 51.7 Å². The van der Waals surface area contributed by atoms with E-state index in [-0.39, 0.29) is 31.0 Å². The maximum absolute atomic E-state index is 13.3. The van der Waals surface area contributed by atoms with E-state index in [1.54, 1.807) is 23.3 Å². The number of amides is 2. The molecule has 0 spiro atoms. The quantitative estimate of drug-likeness (QED) is 0.663. The first-order valence-corrected chi connectivity index (χ1v) is 10.7. The highest BCUT2D eigenvalue weighted by Crippen LogP contribution is 2.38. The summed E-state index contributed by atoms with van der Waals surface area (Å²) in [7, 11) is 3.13. The summed E-state index contributed by atoms with van der Waals surface area (Å²) in [6, 6.07) is 9.82. The third-order valence-electron chi connectivity index (χ3n) is 5.16. The van der Waals surface area contributed by atoms with Gasteiger partial charge in [-0.1, -0.05) is 19.1 Å². The molecule has 1 atom stereocenters. The Morgan fingerprint density at radius 3 is 2.62 bits per heavy atom. The molecule has 2 aromatic rings. The van der Waals surface area contributed by atoms with Gasteiger partial charge < -0.3 is 19.3 Å². The van der Waals surface area contributed by atoms with Crippen LogP contribution in [0.2, 0.25) is 0 Å². The standard InChI is InChI=1S/C22H28N2O4S/c1-4-11-23(21(26)15-27-2)14-20(25)24-12-9-19-18(10-13-29-19)22(24)16-5-7-17(28-3)8-6-16/h5-8,10,13,22H,4,9,11-12,14-15H2,1-3H3.